The molecule has 3 N–H and O–H groups in total. The first-order valence-electron chi connectivity index (χ1n) is 5.56. The van der Waals surface area contributed by atoms with Gasteiger partial charge in [0.2, 0.25) is 0 Å². The van der Waals surface area contributed by atoms with Crippen LogP contribution in [0.3, 0.4) is 0 Å². The minimum absolute atomic E-state index is 0.192. The molecule has 16 heavy (non-hydrogen) atoms. The fraction of sp³-hybridized carbons (Fsp3) is 0.900. The molecule has 0 amide bonds. The average Bonchev–Trinajstić information content (AvgIpc) is 2.30. The van der Waals surface area contributed by atoms with Crippen LogP contribution in [0.5, 0.6) is 0 Å². The van der Waals surface area contributed by atoms with Crippen LogP contribution in [0.25, 0.3) is 0 Å². The minimum atomic E-state index is -0.415. The van der Waals surface area contributed by atoms with Gasteiger partial charge in [-0.3, -0.25) is 4.79 Å². The quantitative estimate of drug-likeness (QED) is 0.505. The number of rotatable bonds is 6. The molecule has 1 saturated carbocycles. The molecule has 0 heterocycles. The van der Waals surface area contributed by atoms with Gasteiger partial charge in [0.1, 0.15) is 0 Å². The highest BCUT2D eigenvalue weighted by Gasteiger charge is 2.22. The fourth-order valence-electron chi connectivity index (χ4n) is 1.89. The Bertz CT molecular complexity index is 213. The Hall–Kier alpha value is -0.690. The van der Waals surface area contributed by atoms with Crippen LogP contribution in [0.1, 0.15) is 32.1 Å². The molecule has 0 bridgehead atoms. The summed E-state index contributed by atoms with van der Waals surface area (Å²) in [5, 5.41) is 0. The van der Waals surface area contributed by atoms with E-state index in [9.17, 15) is 4.79 Å². The zero-order chi connectivity index (χ0) is 11.8. The van der Waals surface area contributed by atoms with E-state index >= 15 is 0 Å². The lowest BCUT2D eigenvalue weighted by atomic mass is 9.95. The number of hydrazine groups is 1. The van der Waals surface area contributed by atoms with Crippen LogP contribution in [-0.2, 0) is 19.1 Å². The van der Waals surface area contributed by atoms with E-state index in [1.807, 2.05) is 5.59 Å². The third-order valence-electron chi connectivity index (χ3n) is 2.74. The summed E-state index contributed by atoms with van der Waals surface area (Å²) in [7, 11) is 1.72. The lowest BCUT2D eigenvalue weighted by Gasteiger charge is -2.28. The number of carbonyl (C=O) groups is 1. The number of carbonyl (C=O) groups excluding carboxylic acids is 1. The van der Waals surface area contributed by atoms with Gasteiger partial charge in [-0.25, -0.2) is 5.84 Å². The van der Waals surface area contributed by atoms with Crippen LogP contribution in [0.2, 0.25) is 0 Å². The van der Waals surface area contributed by atoms with E-state index in [2.05, 4.69) is 4.84 Å². The first-order valence-corrected chi connectivity index (χ1v) is 5.56. The van der Waals surface area contributed by atoms with Crippen LogP contribution < -0.4 is 11.4 Å². The highest BCUT2D eigenvalue weighted by Crippen LogP contribution is 2.23. The maximum atomic E-state index is 10.9. The van der Waals surface area contributed by atoms with Crippen molar-refractivity contribution in [2.45, 2.75) is 44.3 Å². The van der Waals surface area contributed by atoms with Gasteiger partial charge < -0.3 is 14.3 Å². The smallest absolute Gasteiger partial charge is 0.328 e. The Balaban J connectivity index is 2.10. The van der Waals surface area contributed by atoms with E-state index in [4.69, 9.17) is 15.3 Å². The summed E-state index contributed by atoms with van der Waals surface area (Å²) < 4.78 is 10.9. The maximum Gasteiger partial charge on any atom is 0.328 e. The third-order valence-corrected chi connectivity index (χ3v) is 2.74. The molecule has 1 aliphatic rings. The molecule has 0 saturated heterocycles. The zero-order valence-electron chi connectivity index (χ0n) is 9.61. The molecule has 0 aliphatic heterocycles. The SMILES string of the molecule is COC1CCCC(OCCC(=O)ONN)C1. The second-order valence-corrected chi connectivity index (χ2v) is 3.86. The van der Waals surface area contributed by atoms with Gasteiger partial charge in [-0.05, 0) is 25.7 Å². The molecular formula is C10H20N2O4. The Morgan fingerprint density at radius 1 is 1.44 bits per heavy atom. The Morgan fingerprint density at radius 2 is 2.19 bits per heavy atom. The van der Waals surface area contributed by atoms with E-state index in [1.165, 1.54) is 0 Å². The minimum Gasteiger partial charge on any atom is -0.381 e. The van der Waals surface area contributed by atoms with Gasteiger partial charge in [0, 0.05) is 7.11 Å². The number of ether oxygens (including phenoxy) is 2. The van der Waals surface area contributed by atoms with Crippen molar-refractivity contribution in [1.82, 2.24) is 5.59 Å². The van der Waals surface area contributed by atoms with Crippen molar-refractivity contribution in [2.75, 3.05) is 13.7 Å². The van der Waals surface area contributed by atoms with Gasteiger partial charge >= 0.3 is 5.97 Å². The van der Waals surface area contributed by atoms with Crippen LogP contribution >= 0.6 is 0 Å². The van der Waals surface area contributed by atoms with Crippen LogP contribution in [0, 0.1) is 0 Å². The first-order chi connectivity index (χ1) is 7.76. The Morgan fingerprint density at radius 3 is 2.88 bits per heavy atom. The maximum absolute atomic E-state index is 10.9. The summed E-state index contributed by atoms with van der Waals surface area (Å²) in [4.78, 5) is 15.3. The van der Waals surface area contributed by atoms with Gasteiger partial charge in [0.25, 0.3) is 0 Å². The molecule has 1 rings (SSSR count). The van der Waals surface area contributed by atoms with E-state index < -0.39 is 5.97 Å². The first kappa shape index (κ1) is 13.4. The molecule has 6 nitrogen and oxygen atoms in total. The van der Waals surface area contributed by atoms with Crippen LogP contribution in [0.15, 0.2) is 0 Å². The molecule has 1 aliphatic carbocycles. The van der Waals surface area contributed by atoms with E-state index in [-0.39, 0.29) is 18.6 Å². The fourth-order valence-corrected chi connectivity index (χ4v) is 1.89. The lowest BCUT2D eigenvalue weighted by molar-refractivity contribution is -0.153. The largest absolute Gasteiger partial charge is 0.381 e. The van der Waals surface area contributed by atoms with Crippen molar-refractivity contribution in [3.8, 4) is 0 Å². The van der Waals surface area contributed by atoms with Crippen molar-refractivity contribution in [3.05, 3.63) is 0 Å². The molecule has 0 radical (unpaired) electrons. The molecule has 0 aromatic carbocycles. The molecule has 6 heteroatoms. The van der Waals surface area contributed by atoms with Crippen molar-refractivity contribution >= 4 is 5.97 Å². The topological polar surface area (TPSA) is 82.8 Å². The summed E-state index contributed by atoms with van der Waals surface area (Å²) in [6.07, 6.45) is 4.82. The van der Waals surface area contributed by atoms with Gasteiger partial charge in [0.05, 0.1) is 25.2 Å². The van der Waals surface area contributed by atoms with Gasteiger partial charge in [-0.15, -0.1) is 0 Å². The molecule has 2 unspecified atom stereocenters. The monoisotopic (exact) mass is 232 g/mol. The Kier molecular flexibility index (Phi) is 6.32. The van der Waals surface area contributed by atoms with Crippen molar-refractivity contribution < 1.29 is 19.1 Å². The Labute approximate surface area is 95.3 Å². The summed E-state index contributed by atoms with van der Waals surface area (Å²) in [5.74, 6) is 4.41. The zero-order valence-corrected chi connectivity index (χ0v) is 9.61. The summed E-state index contributed by atoms with van der Waals surface area (Å²) in [6.45, 7) is 0.363. The van der Waals surface area contributed by atoms with Crippen LogP contribution in [0.4, 0.5) is 0 Å². The number of nitrogens with one attached hydrogen (secondary N) is 1. The standard InChI is InChI=1S/C10H20N2O4/c1-14-8-3-2-4-9(7-8)15-6-5-10(13)16-12-11/h8-9,12H,2-7,11H2,1H3. The third kappa shape index (κ3) is 4.89. The van der Waals surface area contributed by atoms with E-state index in [0.29, 0.717) is 6.61 Å². The lowest BCUT2D eigenvalue weighted by Crippen LogP contribution is -2.29. The number of methoxy groups -OCH3 is 1. The number of hydrogen-bond donors (Lipinski definition) is 2. The molecule has 0 aromatic rings. The summed E-state index contributed by atoms with van der Waals surface area (Å²) in [5.41, 5.74) is 1.85. The van der Waals surface area contributed by atoms with Gasteiger partial charge in [-0.2, -0.15) is 0 Å². The molecular weight excluding hydrogens is 212 g/mol. The second-order valence-electron chi connectivity index (χ2n) is 3.86. The molecule has 1 fully saturated rings. The van der Waals surface area contributed by atoms with E-state index in [1.54, 1.807) is 7.11 Å². The second kappa shape index (κ2) is 7.56. The van der Waals surface area contributed by atoms with Gasteiger partial charge in [-0.1, -0.05) is 5.59 Å². The summed E-state index contributed by atoms with van der Waals surface area (Å²) in [6, 6.07) is 0. The molecule has 0 spiro atoms. The predicted octanol–water partition coefficient (Wildman–Crippen LogP) is 0.272. The predicted molar refractivity (Wildman–Crippen MR) is 57.0 cm³/mol. The summed E-state index contributed by atoms with van der Waals surface area (Å²) >= 11 is 0. The van der Waals surface area contributed by atoms with Crippen molar-refractivity contribution in [3.63, 3.8) is 0 Å². The highest BCUT2D eigenvalue weighted by molar-refractivity contribution is 5.69. The molecule has 2 atom stereocenters. The van der Waals surface area contributed by atoms with E-state index in [0.717, 1.165) is 25.7 Å². The van der Waals surface area contributed by atoms with Gasteiger partial charge in [0.15, 0.2) is 0 Å². The van der Waals surface area contributed by atoms with Crippen molar-refractivity contribution in [1.29, 1.82) is 0 Å². The van der Waals surface area contributed by atoms with Crippen molar-refractivity contribution in [2.24, 2.45) is 5.84 Å². The van der Waals surface area contributed by atoms with Crippen LogP contribution in [-0.4, -0.2) is 31.9 Å². The normalized spacial score (nSPS) is 25.4. The molecule has 94 valence electrons. The average molecular weight is 232 g/mol. The number of nitrogens with two attached hydrogens (primary N) is 1. The number of hydrogen-bond acceptors (Lipinski definition) is 6. The highest BCUT2D eigenvalue weighted by atomic mass is 16.7. The molecule has 0 aromatic heterocycles.